The molecule has 1 amide bonds. The van der Waals surface area contributed by atoms with Gasteiger partial charge in [-0.25, -0.2) is 8.42 Å². The Labute approximate surface area is 163 Å². The molecule has 0 radical (unpaired) electrons. The Bertz CT molecular complexity index is 735. The van der Waals surface area contributed by atoms with Crippen molar-refractivity contribution in [2.24, 2.45) is 5.41 Å². The normalized spacial score (nSPS) is 24.5. The Morgan fingerprint density at radius 2 is 1.85 bits per heavy atom. The molecule has 0 saturated carbocycles. The molecule has 2 aliphatic rings. The third-order valence-corrected chi connectivity index (χ3v) is 7.76. The Hall–Kier alpha value is -1.40. The molecule has 1 spiro atoms. The predicted octanol–water partition coefficient (Wildman–Crippen LogP) is 2.97. The van der Waals surface area contributed by atoms with Crippen LogP contribution in [0.15, 0.2) is 35.2 Å². The van der Waals surface area contributed by atoms with Gasteiger partial charge in [0.05, 0.1) is 10.6 Å². The highest BCUT2D eigenvalue weighted by molar-refractivity contribution is 7.91. The molecule has 3 rings (SSSR count). The molecule has 27 heavy (non-hydrogen) atoms. The molecule has 2 heterocycles. The van der Waals surface area contributed by atoms with E-state index in [1.165, 1.54) is 0 Å². The first-order chi connectivity index (χ1) is 12.9. The number of benzene rings is 1. The largest absolute Gasteiger partial charge is 0.342 e. The van der Waals surface area contributed by atoms with Crippen molar-refractivity contribution in [3.05, 3.63) is 30.3 Å². The van der Waals surface area contributed by atoms with Crippen molar-refractivity contribution in [2.75, 3.05) is 38.5 Å². The van der Waals surface area contributed by atoms with Gasteiger partial charge in [0.1, 0.15) is 0 Å². The summed E-state index contributed by atoms with van der Waals surface area (Å²) in [5.41, 5.74) is 0.149. The monoisotopic (exact) mass is 392 g/mol. The molecular formula is C21H32N2O3S. The lowest BCUT2D eigenvalue weighted by Crippen LogP contribution is -2.54. The van der Waals surface area contributed by atoms with Gasteiger partial charge in [-0.2, -0.15) is 0 Å². The van der Waals surface area contributed by atoms with Gasteiger partial charge in [-0.05, 0) is 44.4 Å². The SMILES string of the molecule is CCCCN1CC2(CCCN(CCS(=O)(=O)c3ccccc3)C2)CCC1=O. The molecular weight excluding hydrogens is 360 g/mol. The van der Waals surface area contributed by atoms with E-state index in [4.69, 9.17) is 0 Å². The highest BCUT2D eigenvalue weighted by Gasteiger charge is 2.41. The Morgan fingerprint density at radius 1 is 1.07 bits per heavy atom. The minimum Gasteiger partial charge on any atom is -0.342 e. The molecule has 0 N–H and O–H groups in total. The van der Waals surface area contributed by atoms with Crippen LogP contribution >= 0.6 is 0 Å². The standard InChI is InChI=1S/C21H32N2O3S/c1-2-3-14-23-18-21(12-10-20(23)24)11-7-13-22(17-21)15-16-27(25,26)19-8-5-4-6-9-19/h4-6,8-9H,2-3,7,10-18H2,1H3. The van der Waals surface area contributed by atoms with Gasteiger partial charge >= 0.3 is 0 Å². The molecule has 5 nitrogen and oxygen atoms in total. The van der Waals surface area contributed by atoms with Crippen molar-refractivity contribution in [1.29, 1.82) is 0 Å². The van der Waals surface area contributed by atoms with Crippen LogP contribution in [-0.2, 0) is 14.6 Å². The number of carbonyl (C=O) groups excluding carboxylic acids is 1. The maximum Gasteiger partial charge on any atom is 0.222 e. The Morgan fingerprint density at radius 3 is 2.59 bits per heavy atom. The van der Waals surface area contributed by atoms with Gasteiger partial charge in [-0.1, -0.05) is 31.5 Å². The first kappa shape index (κ1) is 20.3. The van der Waals surface area contributed by atoms with Crippen LogP contribution in [-0.4, -0.2) is 62.6 Å². The van der Waals surface area contributed by atoms with Crippen LogP contribution in [0.1, 0.15) is 45.4 Å². The summed E-state index contributed by atoms with van der Waals surface area (Å²) in [5, 5.41) is 0. The molecule has 0 aliphatic carbocycles. The second-order valence-corrected chi connectivity index (χ2v) is 10.3. The number of hydrogen-bond donors (Lipinski definition) is 0. The van der Waals surface area contributed by atoms with Gasteiger partial charge < -0.3 is 9.80 Å². The van der Waals surface area contributed by atoms with Crippen LogP contribution in [0.25, 0.3) is 0 Å². The van der Waals surface area contributed by atoms with Crippen molar-refractivity contribution < 1.29 is 13.2 Å². The summed E-state index contributed by atoms with van der Waals surface area (Å²) in [6, 6.07) is 8.72. The lowest BCUT2D eigenvalue weighted by Gasteiger charge is -2.48. The van der Waals surface area contributed by atoms with Crippen LogP contribution in [0.2, 0.25) is 0 Å². The number of unbranched alkanes of at least 4 members (excludes halogenated alkanes) is 1. The molecule has 1 aromatic carbocycles. The smallest absolute Gasteiger partial charge is 0.222 e. The lowest BCUT2D eigenvalue weighted by atomic mass is 9.73. The predicted molar refractivity (Wildman–Crippen MR) is 107 cm³/mol. The van der Waals surface area contributed by atoms with E-state index >= 15 is 0 Å². The Balaban J connectivity index is 1.60. The quantitative estimate of drug-likeness (QED) is 0.716. The van der Waals surface area contributed by atoms with E-state index in [9.17, 15) is 13.2 Å². The molecule has 6 heteroatoms. The molecule has 0 aromatic heterocycles. The van der Waals surface area contributed by atoms with E-state index in [2.05, 4.69) is 16.7 Å². The third-order valence-electron chi connectivity index (χ3n) is 6.05. The number of amides is 1. The van der Waals surface area contributed by atoms with Gasteiger partial charge in [0.15, 0.2) is 9.84 Å². The molecule has 2 fully saturated rings. The maximum absolute atomic E-state index is 12.6. The maximum atomic E-state index is 12.6. The van der Waals surface area contributed by atoms with Gasteiger partial charge in [0.25, 0.3) is 0 Å². The first-order valence-corrected chi connectivity index (χ1v) is 11.9. The number of piperidine rings is 2. The van der Waals surface area contributed by atoms with Crippen LogP contribution in [0.4, 0.5) is 0 Å². The molecule has 1 aromatic rings. The number of sulfone groups is 1. The number of nitrogens with zero attached hydrogens (tertiary/aromatic N) is 2. The van der Waals surface area contributed by atoms with Gasteiger partial charge in [0, 0.05) is 38.0 Å². The summed E-state index contributed by atoms with van der Waals surface area (Å²) < 4.78 is 25.2. The summed E-state index contributed by atoms with van der Waals surface area (Å²) in [7, 11) is -3.24. The highest BCUT2D eigenvalue weighted by atomic mass is 32.2. The molecule has 1 unspecified atom stereocenters. The summed E-state index contributed by atoms with van der Waals surface area (Å²) in [6.07, 6.45) is 5.96. The van der Waals surface area contributed by atoms with Gasteiger partial charge in [-0.3, -0.25) is 4.79 Å². The van der Waals surface area contributed by atoms with E-state index in [0.29, 0.717) is 17.9 Å². The average molecular weight is 393 g/mol. The van der Waals surface area contributed by atoms with E-state index in [-0.39, 0.29) is 17.1 Å². The van der Waals surface area contributed by atoms with Gasteiger partial charge in [0.2, 0.25) is 5.91 Å². The van der Waals surface area contributed by atoms with Crippen molar-refractivity contribution in [2.45, 2.75) is 50.3 Å². The zero-order chi connectivity index (χ0) is 19.3. The van der Waals surface area contributed by atoms with E-state index < -0.39 is 9.84 Å². The fourth-order valence-electron chi connectivity index (χ4n) is 4.48. The Kier molecular flexibility index (Phi) is 6.58. The van der Waals surface area contributed by atoms with E-state index in [1.807, 2.05) is 6.07 Å². The third kappa shape index (κ3) is 5.11. The first-order valence-electron chi connectivity index (χ1n) is 10.2. The summed E-state index contributed by atoms with van der Waals surface area (Å²) in [5.74, 6) is 0.448. The molecule has 2 saturated heterocycles. The average Bonchev–Trinajstić information content (AvgIpc) is 2.68. The fraction of sp³-hybridized carbons (Fsp3) is 0.667. The van der Waals surface area contributed by atoms with Crippen LogP contribution in [0.5, 0.6) is 0 Å². The lowest BCUT2D eigenvalue weighted by molar-refractivity contribution is -0.139. The van der Waals surface area contributed by atoms with Crippen LogP contribution < -0.4 is 0 Å². The number of hydrogen-bond acceptors (Lipinski definition) is 4. The topological polar surface area (TPSA) is 57.7 Å². The van der Waals surface area contributed by atoms with Crippen molar-refractivity contribution in [3.8, 4) is 0 Å². The van der Waals surface area contributed by atoms with E-state index in [0.717, 1.165) is 58.3 Å². The van der Waals surface area contributed by atoms with Crippen LogP contribution in [0.3, 0.4) is 0 Å². The van der Waals surface area contributed by atoms with Crippen molar-refractivity contribution in [3.63, 3.8) is 0 Å². The summed E-state index contributed by atoms with van der Waals surface area (Å²) in [4.78, 5) is 17.0. The molecule has 150 valence electrons. The summed E-state index contributed by atoms with van der Waals surface area (Å²) in [6.45, 7) is 6.29. The molecule has 1 atom stereocenters. The second kappa shape index (κ2) is 8.74. The van der Waals surface area contributed by atoms with E-state index in [1.54, 1.807) is 24.3 Å². The second-order valence-electron chi connectivity index (χ2n) is 8.18. The number of carbonyl (C=O) groups is 1. The molecule has 2 aliphatic heterocycles. The number of likely N-dealkylation sites (tertiary alicyclic amines) is 2. The zero-order valence-corrected chi connectivity index (χ0v) is 17.2. The number of rotatable bonds is 7. The highest BCUT2D eigenvalue weighted by Crippen LogP contribution is 2.39. The van der Waals surface area contributed by atoms with Crippen molar-refractivity contribution in [1.82, 2.24) is 9.80 Å². The fourth-order valence-corrected chi connectivity index (χ4v) is 5.79. The minimum atomic E-state index is -3.24. The summed E-state index contributed by atoms with van der Waals surface area (Å²) >= 11 is 0. The van der Waals surface area contributed by atoms with Gasteiger partial charge in [-0.15, -0.1) is 0 Å². The minimum absolute atomic E-state index is 0.149. The van der Waals surface area contributed by atoms with Crippen molar-refractivity contribution >= 4 is 15.7 Å². The molecule has 0 bridgehead atoms. The zero-order valence-electron chi connectivity index (χ0n) is 16.4. The van der Waals surface area contributed by atoms with Crippen LogP contribution in [0, 0.1) is 5.41 Å².